The van der Waals surface area contributed by atoms with E-state index in [4.69, 9.17) is 19.3 Å². The Morgan fingerprint density at radius 2 is 1.81 bits per heavy atom. The van der Waals surface area contributed by atoms with Crippen molar-refractivity contribution in [3.63, 3.8) is 0 Å². The second kappa shape index (κ2) is 9.77. The van der Waals surface area contributed by atoms with E-state index < -0.39 is 12.6 Å². The van der Waals surface area contributed by atoms with Crippen molar-refractivity contribution in [2.75, 3.05) is 20.8 Å². The summed E-state index contributed by atoms with van der Waals surface area (Å²) in [5, 5.41) is 8.74. The monoisotopic (exact) mass is 441 g/mol. The van der Waals surface area contributed by atoms with Gasteiger partial charge in [-0.25, -0.2) is 4.79 Å². The second-order valence-electron chi connectivity index (χ2n) is 6.26. The first-order valence-electron chi connectivity index (χ1n) is 9.03. The third-order valence-electron chi connectivity index (χ3n) is 4.15. The maximum atomic E-state index is 12.4. The van der Waals surface area contributed by atoms with E-state index in [2.05, 4.69) is 4.98 Å². The van der Waals surface area contributed by atoms with Crippen LogP contribution in [0.5, 0.6) is 17.2 Å². The van der Waals surface area contributed by atoms with Crippen LogP contribution in [0.4, 0.5) is 0 Å². The first-order valence-corrected chi connectivity index (χ1v) is 9.85. The van der Waals surface area contributed by atoms with Crippen LogP contribution in [0.1, 0.15) is 15.9 Å². The molecule has 0 saturated carbocycles. The van der Waals surface area contributed by atoms with Gasteiger partial charge in [-0.1, -0.05) is 6.07 Å². The molecule has 0 bridgehead atoms. The smallest absolute Gasteiger partial charge is 0.341 e. The summed E-state index contributed by atoms with van der Waals surface area (Å²) in [5.41, 5.74) is 0.797. The number of H-pyrrole nitrogens is 1. The number of carbonyl (C=O) groups is 2. The van der Waals surface area contributed by atoms with Gasteiger partial charge in [0.2, 0.25) is 0 Å². The Morgan fingerprint density at radius 3 is 2.45 bits per heavy atom. The summed E-state index contributed by atoms with van der Waals surface area (Å²) in [6.07, 6.45) is 3.01. The van der Waals surface area contributed by atoms with Gasteiger partial charge >= 0.3 is 5.97 Å². The number of aliphatic carboxylic acids is 1. The number of rotatable bonds is 8. The Labute approximate surface area is 180 Å². The van der Waals surface area contributed by atoms with Gasteiger partial charge < -0.3 is 24.3 Å². The van der Waals surface area contributed by atoms with Gasteiger partial charge in [-0.05, 0) is 48.0 Å². The summed E-state index contributed by atoms with van der Waals surface area (Å²) in [5.74, 6) is -0.0810. The zero-order valence-corrected chi connectivity index (χ0v) is 17.5. The van der Waals surface area contributed by atoms with Gasteiger partial charge in [0.15, 0.2) is 23.9 Å². The van der Waals surface area contributed by atoms with E-state index in [0.29, 0.717) is 31.8 Å². The van der Waals surface area contributed by atoms with Crippen molar-refractivity contribution < 1.29 is 28.9 Å². The molecule has 9 heteroatoms. The molecule has 2 N–H and O–H groups in total. The van der Waals surface area contributed by atoms with Crippen LogP contribution < -0.4 is 29.0 Å². The number of ether oxygens (including phenoxy) is 3. The molecule has 3 aromatic rings. The zero-order chi connectivity index (χ0) is 22.4. The number of ketones is 1. The maximum absolute atomic E-state index is 12.4. The molecule has 160 valence electrons. The van der Waals surface area contributed by atoms with Crippen LogP contribution in [0.2, 0.25) is 0 Å². The zero-order valence-electron chi connectivity index (χ0n) is 16.7. The number of carbonyl (C=O) groups excluding carboxylic acids is 1. The molecule has 0 aliphatic rings. The molecule has 1 heterocycles. The molecule has 3 rings (SSSR count). The van der Waals surface area contributed by atoms with Gasteiger partial charge in [0.25, 0.3) is 5.56 Å². The lowest BCUT2D eigenvalue weighted by molar-refractivity contribution is -0.139. The van der Waals surface area contributed by atoms with Crippen molar-refractivity contribution >= 4 is 35.2 Å². The molecule has 0 atom stereocenters. The van der Waals surface area contributed by atoms with Crippen molar-refractivity contribution in [3.05, 3.63) is 73.1 Å². The third kappa shape index (κ3) is 5.61. The number of thiazole rings is 1. The molecule has 0 radical (unpaired) electrons. The number of carboxylic acid groups (broad SMARTS) is 1. The molecule has 31 heavy (non-hydrogen) atoms. The number of hydrogen-bond acceptors (Lipinski definition) is 7. The van der Waals surface area contributed by atoms with E-state index in [9.17, 15) is 14.4 Å². The average molecular weight is 441 g/mol. The minimum atomic E-state index is -1.10. The van der Waals surface area contributed by atoms with Gasteiger partial charge in [-0.15, -0.1) is 11.3 Å². The summed E-state index contributed by atoms with van der Waals surface area (Å²) in [7, 11) is 2.98. The molecule has 8 nitrogen and oxygen atoms in total. The van der Waals surface area contributed by atoms with Crippen molar-refractivity contribution in [1.29, 1.82) is 0 Å². The Bertz CT molecular complexity index is 1270. The second-order valence-corrected chi connectivity index (χ2v) is 7.34. The van der Waals surface area contributed by atoms with Crippen molar-refractivity contribution in [2.45, 2.75) is 0 Å². The molecule has 0 fully saturated rings. The van der Waals surface area contributed by atoms with E-state index in [0.717, 1.165) is 11.3 Å². The van der Waals surface area contributed by atoms with Crippen LogP contribution in [0.15, 0.2) is 47.3 Å². The minimum Gasteiger partial charge on any atom is -0.497 e. The molecule has 0 aliphatic heterocycles. The largest absolute Gasteiger partial charge is 0.497 e. The molecule has 2 aromatic carbocycles. The summed E-state index contributed by atoms with van der Waals surface area (Å²) < 4.78 is 16.3. The molecule has 0 aliphatic carbocycles. The number of aromatic amines is 1. The minimum absolute atomic E-state index is 0.242. The summed E-state index contributed by atoms with van der Waals surface area (Å²) in [4.78, 5) is 38.1. The lowest BCUT2D eigenvalue weighted by Gasteiger charge is -2.09. The molecule has 0 saturated heterocycles. The lowest BCUT2D eigenvalue weighted by Crippen LogP contribution is -2.20. The summed E-state index contributed by atoms with van der Waals surface area (Å²) in [6.45, 7) is -0.495. The Morgan fingerprint density at radius 1 is 1.06 bits per heavy atom. The topological polar surface area (TPSA) is 115 Å². The molecular formula is C22H19NO7S. The third-order valence-corrected chi connectivity index (χ3v) is 5.12. The van der Waals surface area contributed by atoms with E-state index in [1.807, 2.05) is 0 Å². The molecular weight excluding hydrogens is 422 g/mol. The highest BCUT2D eigenvalue weighted by molar-refractivity contribution is 7.07. The summed E-state index contributed by atoms with van der Waals surface area (Å²) in [6, 6.07) is 11.5. The van der Waals surface area contributed by atoms with E-state index >= 15 is 0 Å². The molecule has 0 amide bonds. The number of aromatic nitrogens is 1. The first-order chi connectivity index (χ1) is 14.9. The van der Waals surface area contributed by atoms with Crippen LogP contribution in [0, 0.1) is 0 Å². The standard InChI is InChI=1S/C22H19NO7S/c1-28-15-6-4-14(5-7-15)16(24)11-20-23-22(27)19(31-20)10-13-3-8-17(18(9-13)29-2)30-12-21(25)26/h3-11H,12H2,1-2H3,(H,23,27)(H,25,26)/b19-10-,20-11-. The van der Waals surface area contributed by atoms with Crippen molar-refractivity contribution in [2.24, 2.45) is 0 Å². The Kier molecular flexibility index (Phi) is 6.88. The van der Waals surface area contributed by atoms with E-state index in [1.165, 1.54) is 13.2 Å². The number of nitrogens with one attached hydrogen (secondary N) is 1. The van der Waals surface area contributed by atoms with Crippen LogP contribution in [0.25, 0.3) is 12.2 Å². The SMILES string of the molecule is COc1ccc(C(=O)/C=c2/[nH]c(=O)/c(=C/c3ccc(OCC(=O)O)c(OC)c3)s2)cc1. The predicted octanol–water partition coefficient (Wildman–Crippen LogP) is 1.41. The van der Waals surface area contributed by atoms with Crippen molar-refractivity contribution in [1.82, 2.24) is 4.98 Å². The Balaban J connectivity index is 1.89. The normalized spacial score (nSPS) is 11.9. The quantitative estimate of drug-likeness (QED) is 0.508. The van der Waals surface area contributed by atoms with Crippen molar-refractivity contribution in [3.8, 4) is 17.2 Å². The highest BCUT2D eigenvalue weighted by Crippen LogP contribution is 2.28. The molecule has 1 aromatic heterocycles. The van der Waals surface area contributed by atoms with Crippen LogP contribution in [0.3, 0.4) is 0 Å². The predicted molar refractivity (Wildman–Crippen MR) is 116 cm³/mol. The Hall–Kier alpha value is -3.85. The van der Waals surface area contributed by atoms with Crippen LogP contribution in [-0.2, 0) is 4.79 Å². The molecule has 0 unspecified atom stereocenters. The van der Waals surface area contributed by atoms with Gasteiger partial charge in [-0.2, -0.15) is 0 Å². The highest BCUT2D eigenvalue weighted by atomic mass is 32.1. The average Bonchev–Trinajstić information content (AvgIpc) is 3.10. The maximum Gasteiger partial charge on any atom is 0.341 e. The number of carboxylic acids is 1. The fraction of sp³-hybridized carbons (Fsp3) is 0.136. The van der Waals surface area contributed by atoms with Gasteiger partial charge in [0, 0.05) is 11.6 Å². The number of Topliss-reactive ketones (excluding diaryl/α,β-unsaturated/α-hetero) is 1. The van der Waals surface area contributed by atoms with Gasteiger partial charge in [-0.3, -0.25) is 9.59 Å². The van der Waals surface area contributed by atoms with Crippen LogP contribution in [-0.4, -0.2) is 42.7 Å². The van der Waals surface area contributed by atoms with E-state index in [-0.39, 0.29) is 17.1 Å². The lowest BCUT2D eigenvalue weighted by atomic mass is 10.1. The fourth-order valence-electron chi connectivity index (χ4n) is 2.67. The highest BCUT2D eigenvalue weighted by Gasteiger charge is 2.08. The van der Waals surface area contributed by atoms with Crippen LogP contribution >= 0.6 is 11.3 Å². The van der Waals surface area contributed by atoms with Gasteiger partial charge in [0.1, 0.15) is 5.75 Å². The number of methoxy groups -OCH3 is 2. The van der Waals surface area contributed by atoms with E-state index in [1.54, 1.807) is 55.7 Å². The number of hydrogen-bond donors (Lipinski definition) is 2. The van der Waals surface area contributed by atoms with Gasteiger partial charge in [0.05, 0.1) is 23.4 Å². The fourth-order valence-corrected chi connectivity index (χ4v) is 3.55. The summed E-state index contributed by atoms with van der Waals surface area (Å²) >= 11 is 1.14. The molecule has 0 spiro atoms. The first kappa shape index (κ1) is 21.8. The number of benzene rings is 2.